The number of hydrogen-bond donors (Lipinski definition) is 3. The van der Waals surface area contributed by atoms with E-state index in [2.05, 4.69) is 0 Å². The molecule has 2 amide bonds. The van der Waals surface area contributed by atoms with Crippen LogP contribution < -0.4 is 15.6 Å². The number of aromatic hydroxyl groups is 1. The van der Waals surface area contributed by atoms with Crippen molar-refractivity contribution < 1.29 is 34.5 Å². The first-order valence-corrected chi connectivity index (χ1v) is 14.1. The van der Waals surface area contributed by atoms with Gasteiger partial charge in [-0.3, -0.25) is 14.4 Å². The Hall–Kier alpha value is -6.95. The monoisotopic (exact) mass is 628 g/mol. The minimum absolute atomic E-state index is 0.00224. The molecular weight excluding hydrogens is 604 g/mol. The van der Waals surface area contributed by atoms with Crippen molar-refractivity contribution in [2.24, 2.45) is 0 Å². The molecule has 0 aliphatic carbocycles. The summed E-state index contributed by atoms with van der Waals surface area (Å²) in [5.41, 5.74) is 0.298. The molecule has 0 spiro atoms. The van der Waals surface area contributed by atoms with Gasteiger partial charge in [-0.25, -0.2) is 29.0 Å². The van der Waals surface area contributed by atoms with E-state index in [-0.39, 0.29) is 33.6 Å². The van der Waals surface area contributed by atoms with E-state index in [0.717, 1.165) is 10.0 Å². The molecule has 2 heterocycles. The highest BCUT2D eigenvalue weighted by atomic mass is 16.4. The second-order valence-electron chi connectivity index (χ2n) is 10.2. The highest BCUT2D eigenvalue weighted by Crippen LogP contribution is 2.32. The molecule has 0 atom stereocenters. The number of para-hydroxylation sites is 2. The van der Waals surface area contributed by atoms with E-state index < -0.39 is 35.2 Å². The van der Waals surface area contributed by atoms with Crippen molar-refractivity contribution in [3.8, 4) is 17.3 Å². The molecule has 12 nitrogen and oxygen atoms in total. The summed E-state index contributed by atoms with van der Waals surface area (Å²) in [5, 5.41) is 32.1. The van der Waals surface area contributed by atoms with Gasteiger partial charge in [0.05, 0.1) is 33.9 Å². The molecule has 6 rings (SSSR count). The van der Waals surface area contributed by atoms with Crippen molar-refractivity contribution >= 4 is 41.2 Å². The second kappa shape index (κ2) is 12.2. The topological polar surface area (TPSA) is 162 Å². The average molecular weight is 629 g/mol. The number of rotatable bonds is 8. The lowest BCUT2D eigenvalue weighted by Crippen LogP contribution is -2.41. The van der Waals surface area contributed by atoms with Gasteiger partial charge in [-0.2, -0.15) is 0 Å². The smallest absolute Gasteiger partial charge is 0.335 e. The van der Waals surface area contributed by atoms with Gasteiger partial charge in [0.1, 0.15) is 11.1 Å². The highest BCUT2D eigenvalue weighted by molar-refractivity contribution is 6.36. The number of carbonyl (C=O) groups is 4. The molecule has 0 bridgehead atoms. The SMILES string of the molecule is O=C(O)c1ccc(N2C(=O)/C(=C\C=C\c3c(O)n(-c4ccccc4)n(-c4ccc(C(=O)O)cc4)c3=O)C(=O)N2c2ccccc2)cc1. The first-order chi connectivity index (χ1) is 22.7. The van der Waals surface area contributed by atoms with Gasteiger partial charge in [0.2, 0.25) is 5.88 Å². The standard InChI is InChI=1S/C35H24N4O8/c40-30-28(32(42)38(36(30)24-8-3-1-4-9-24)26-18-14-22(15-19-26)34(44)45)12-7-13-29-31(41)37(25-10-5-2-6-11-25)39(33(29)43)27-20-16-23(17-21-27)35(46)47/h1-21,40H,(H,44,45)(H,46,47)/b12-7+,29-13-. The summed E-state index contributed by atoms with van der Waals surface area (Å²) >= 11 is 0. The van der Waals surface area contributed by atoms with E-state index in [1.807, 2.05) is 0 Å². The molecular formula is C35H24N4O8. The number of nitrogens with zero attached hydrogens (tertiary/aromatic N) is 4. The number of carboxylic acids is 2. The Morgan fingerprint density at radius 3 is 1.47 bits per heavy atom. The molecule has 47 heavy (non-hydrogen) atoms. The number of aromatic nitrogens is 2. The van der Waals surface area contributed by atoms with Crippen molar-refractivity contribution in [1.29, 1.82) is 0 Å². The van der Waals surface area contributed by atoms with Crippen LogP contribution in [0.1, 0.15) is 26.3 Å². The summed E-state index contributed by atoms with van der Waals surface area (Å²) in [6.07, 6.45) is 3.80. The van der Waals surface area contributed by atoms with Crippen LogP contribution in [-0.4, -0.2) is 48.4 Å². The lowest BCUT2D eigenvalue weighted by atomic mass is 10.2. The van der Waals surface area contributed by atoms with Crippen LogP contribution in [0.25, 0.3) is 17.5 Å². The number of benzene rings is 4. The zero-order chi connectivity index (χ0) is 33.2. The minimum Gasteiger partial charge on any atom is -0.493 e. The minimum atomic E-state index is -1.15. The van der Waals surface area contributed by atoms with E-state index in [9.17, 15) is 39.3 Å². The molecule has 0 saturated carbocycles. The van der Waals surface area contributed by atoms with Gasteiger partial charge < -0.3 is 15.3 Å². The number of amides is 2. The summed E-state index contributed by atoms with van der Waals surface area (Å²) in [5.74, 6) is -4.09. The molecule has 232 valence electrons. The molecule has 3 N–H and O–H groups in total. The average Bonchev–Trinajstić information content (AvgIpc) is 3.49. The van der Waals surface area contributed by atoms with E-state index in [1.165, 1.54) is 76.1 Å². The Morgan fingerprint density at radius 1 is 0.553 bits per heavy atom. The van der Waals surface area contributed by atoms with Crippen LogP contribution in [-0.2, 0) is 9.59 Å². The molecule has 1 aliphatic heterocycles. The van der Waals surface area contributed by atoms with E-state index in [0.29, 0.717) is 11.4 Å². The molecule has 1 fully saturated rings. The van der Waals surface area contributed by atoms with Gasteiger partial charge in [-0.15, -0.1) is 0 Å². The molecule has 0 unspecified atom stereocenters. The number of aromatic carboxylic acids is 2. The number of carboxylic acid groups (broad SMARTS) is 2. The van der Waals surface area contributed by atoms with E-state index >= 15 is 0 Å². The predicted molar refractivity (Wildman–Crippen MR) is 172 cm³/mol. The first-order valence-electron chi connectivity index (χ1n) is 14.1. The fourth-order valence-corrected chi connectivity index (χ4v) is 5.10. The Morgan fingerprint density at radius 2 is 0.979 bits per heavy atom. The fraction of sp³-hybridized carbons (Fsp3) is 0. The zero-order valence-corrected chi connectivity index (χ0v) is 24.3. The summed E-state index contributed by atoms with van der Waals surface area (Å²) in [4.78, 5) is 63.8. The molecule has 0 radical (unpaired) electrons. The number of hydrazine groups is 1. The third-order valence-corrected chi connectivity index (χ3v) is 7.35. The number of anilines is 2. The van der Waals surface area contributed by atoms with Crippen molar-refractivity contribution in [1.82, 2.24) is 9.36 Å². The van der Waals surface area contributed by atoms with Crippen molar-refractivity contribution in [3.63, 3.8) is 0 Å². The van der Waals surface area contributed by atoms with Gasteiger partial charge in [0, 0.05) is 0 Å². The Bertz CT molecular complexity index is 2150. The van der Waals surface area contributed by atoms with Crippen LogP contribution in [0.5, 0.6) is 5.88 Å². The lowest BCUT2D eigenvalue weighted by molar-refractivity contribution is -0.116. The summed E-state index contributed by atoms with van der Waals surface area (Å²) < 4.78 is 2.44. The summed E-state index contributed by atoms with van der Waals surface area (Å²) in [7, 11) is 0. The van der Waals surface area contributed by atoms with Crippen LogP contribution >= 0.6 is 0 Å². The van der Waals surface area contributed by atoms with Crippen molar-refractivity contribution in [3.05, 3.63) is 154 Å². The normalized spacial score (nSPS) is 14.0. The number of carbonyl (C=O) groups excluding carboxylic acids is 2. The zero-order valence-electron chi connectivity index (χ0n) is 24.3. The lowest BCUT2D eigenvalue weighted by Gasteiger charge is -2.27. The van der Waals surface area contributed by atoms with Crippen LogP contribution in [0.2, 0.25) is 0 Å². The number of allylic oxidation sites excluding steroid dienone is 2. The van der Waals surface area contributed by atoms with E-state index in [1.54, 1.807) is 60.7 Å². The summed E-state index contributed by atoms with van der Waals surface area (Å²) in [6.45, 7) is 0. The van der Waals surface area contributed by atoms with Gasteiger partial charge in [0.25, 0.3) is 17.4 Å². The third kappa shape index (κ3) is 5.46. The first kappa shape index (κ1) is 30.1. The van der Waals surface area contributed by atoms with Gasteiger partial charge >= 0.3 is 11.9 Å². The summed E-state index contributed by atoms with van der Waals surface area (Å²) in [6, 6.07) is 28.0. The maximum absolute atomic E-state index is 13.7. The second-order valence-corrected chi connectivity index (χ2v) is 10.2. The Balaban J connectivity index is 1.42. The van der Waals surface area contributed by atoms with Crippen LogP contribution in [0.3, 0.4) is 0 Å². The van der Waals surface area contributed by atoms with Crippen LogP contribution in [0.15, 0.2) is 132 Å². The largest absolute Gasteiger partial charge is 0.493 e. The van der Waals surface area contributed by atoms with Crippen LogP contribution in [0, 0.1) is 0 Å². The van der Waals surface area contributed by atoms with Gasteiger partial charge in [0.15, 0.2) is 0 Å². The molecule has 4 aromatic carbocycles. The molecule has 12 heteroatoms. The van der Waals surface area contributed by atoms with Gasteiger partial charge in [-0.1, -0.05) is 42.5 Å². The van der Waals surface area contributed by atoms with Gasteiger partial charge in [-0.05, 0) is 84.9 Å². The predicted octanol–water partition coefficient (Wildman–Crippen LogP) is 4.66. The number of hydrogen-bond acceptors (Lipinski definition) is 6. The highest BCUT2D eigenvalue weighted by Gasteiger charge is 2.42. The maximum atomic E-state index is 13.7. The fourth-order valence-electron chi connectivity index (χ4n) is 5.10. The Labute approximate surface area is 266 Å². The van der Waals surface area contributed by atoms with Crippen LogP contribution in [0.4, 0.5) is 11.4 Å². The quantitative estimate of drug-likeness (QED) is 0.165. The van der Waals surface area contributed by atoms with E-state index in [4.69, 9.17) is 0 Å². The third-order valence-electron chi connectivity index (χ3n) is 7.35. The van der Waals surface area contributed by atoms with Crippen molar-refractivity contribution in [2.45, 2.75) is 0 Å². The molecule has 1 aromatic heterocycles. The van der Waals surface area contributed by atoms with Crippen molar-refractivity contribution in [2.75, 3.05) is 10.0 Å². The molecule has 5 aromatic rings. The molecule has 1 aliphatic rings. The Kier molecular flexibility index (Phi) is 7.82. The maximum Gasteiger partial charge on any atom is 0.335 e. The molecule has 1 saturated heterocycles.